The molecule has 5 nitrogen and oxygen atoms in total. The molecule has 1 amide bonds. The van der Waals surface area contributed by atoms with Crippen LogP contribution in [0.1, 0.15) is 18.4 Å². The van der Waals surface area contributed by atoms with Gasteiger partial charge in [0, 0.05) is 30.2 Å². The lowest BCUT2D eigenvalue weighted by Crippen LogP contribution is -2.48. The molecular weight excluding hydrogens is 391 g/mol. The van der Waals surface area contributed by atoms with E-state index in [1.54, 1.807) is 18.2 Å². The van der Waals surface area contributed by atoms with Crippen LogP contribution in [0.2, 0.25) is 5.02 Å². The van der Waals surface area contributed by atoms with Gasteiger partial charge in [-0.3, -0.25) is 9.89 Å². The molecule has 1 aromatic heterocycles. The number of hydrogen-bond acceptors (Lipinski definition) is 3. The van der Waals surface area contributed by atoms with Crippen molar-refractivity contribution in [3.05, 3.63) is 71.0 Å². The zero-order chi connectivity index (χ0) is 20.2. The summed E-state index contributed by atoms with van der Waals surface area (Å²) in [5, 5.41) is 11.2. The van der Waals surface area contributed by atoms with Gasteiger partial charge in [-0.05, 0) is 60.4 Å². The molecule has 4 rings (SSSR count). The molecule has 0 spiro atoms. The normalized spacial score (nSPS) is 16.6. The number of amides is 1. The number of H-pyrrole nitrogens is 1. The quantitative estimate of drug-likeness (QED) is 0.660. The molecule has 2 N–H and O–H groups in total. The van der Waals surface area contributed by atoms with E-state index in [0.717, 1.165) is 42.0 Å². The van der Waals surface area contributed by atoms with Crippen LogP contribution in [0.4, 0.5) is 10.2 Å². The van der Waals surface area contributed by atoms with Crippen LogP contribution in [-0.2, 0) is 11.2 Å². The molecule has 1 saturated heterocycles. The lowest BCUT2D eigenvalue weighted by atomic mass is 10.0. The predicted molar refractivity (Wildman–Crippen MR) is 113 cm³/mol. The van der Waals surface area contributed by atoms with Gasteiger partial charge in [0.25, 0.3) is 0 Å². The summed E-state index contributed by atoms with van der Waals surface area (Å²) in [6.45, 7) is 1.59. The number of carbonyl (C=O) groups is 1. The molecule has 0 radical (unpaired) electrons. The van der Waals surface area contributed by atoms with Crippen molar-refractivity contribution >= 4 is 23.3 Å². The highest BCUT2D eigenvalue weighted by atomic mass is 35.5. The molecule has 0 bridgehead atoms. The first-order chi connectivity index (χ1) is 14.1. The molecule has 0 saturated carbocycles. The number of nitrogens with zero attached hydrogens (tertiary/aromatic N) is 2. The first-order valence-electron chi connectivity index (χ1n) is 9.67. The van der Waals surface area contributed by atoms with E-state index in [2.05, 4.69) is 20.4 Å². The average molecular weight is 413 g/mol. The Labute approximate surface area is 173 Å². The summed E-state index contributed by atoms with van der Waals surface area (Å²) in [5.74, 6) is 0.562. The lowest BCUT2D eigenvalue weighted by Gasteiger charge is -2.33. The first-order valence-corrected chi connectivity index (χ1v) is 10.0. The highest BCUT2D eigenvalue weighted by Gasteiger charge is 2.23. The number of nitrogens with one attached hydrogen (secondary N) is 2. The Hall–Kier alpha value is -2.86. The second-order valence-electron chi connectivity index (χ2n) is 7.31. The van der Waals surface area contributed by atoms with Crippen LogP contribution in [-0.4, -0.2) is 35.2 Å². The third kappa shape index (κ3) is 4.95. The molecule has 7 heteroatoms. The summed E-state index contributed by atoms with van der Waals surface area (Å²) in [6.07, 6.45) is 2.22. The average Bonchev–Trinajstić information content (AvgIpc) is 3.19. The van der Waals surface area contributed by atoms with Crippen molar-refractivity contribution in [3.63, 3.8) is 0 Å². The second kappa shape index (κ2) is 8.66. The Balaban J connectivity index is 1.37. The molecule has 1 aliphatic heterocycles. The van der Waals surface area contributed by atoms with Crippen molar-refractivity contribution in [2.75, 3.05) is 18.0 Å². The van der Waals surface area contributed by atoms with Gasteiger partial charge in [-0.25, -0.2) is 4.39 Å². The molecule has 150 valence electrons. The molecule has 3 aromatic rings. The van der Waals surface area contributed by atoms with Gasteiger partial charge in [-0.2, -0.15) is 5.10 Å². The standard InChI is InChI=1S/C22H22ClFN4O/c23-17-4-1-3-15(11-17)12-22(29)25-19-5-2-10-28(14-19)21-13-20(26-27-21)16-6-8-18(24)9-7-16/h1,3-4,6-9,11,13,19H,2,5,10,12,14H2,(H,25,29)(H,26,27). The fourth-order valence-electron chi connectivity index (χ4n) is 3.66. The molecule has 1 fully saturated rings. The number of anilines is 1. The topological polar surface area (TPSA) is 61.0 Å². The van der Waals surface area contributed by atoms with Crippen LogP contribution in [0.15, 0.2) is 54.6 Å². The number of halogens is 2. The third-order valence-electron chi connectivity index (χ3n) is 5.08. The van der Waals surface area contributed by atoms with Gasteiger partial charge in [-0.15, -0.1) is 0 Å². The van der Waals surface area contributed by atoms with Crippen LogP contribution >= 0.6 is 11.6 Å². The Morgan fingerprint density at radius 1 is 1.24 bits per heavy atom. The number of carbonyl (C=O) groups excluding carboxylic acids is 1. The van der Waals surface area contributed by atoms with E-state index in [1.165, 1.54) is 12.1 Å². The van der Waals surface area contributed by atoms with Crippen molar-refractivity contribution < 1.29 is 9.18 Å². The first kappa shape index (κ1) is 19.5. The molecule has 29 heavy (non-hydrogen) atoms. The Bertz CT molecular complexity index is 988. The minimum absolute atomic E-state index is 0.00635. The predicted octanol–water partition coefficient (Wildman–Crippen LogP) is 4.20. The molecule has 2 heterocycles. The second-order valence-corrected chi connectivity index (χ2v) is 7.74. The van der Waals surface area contributed by atoms with Gasteiger partial charge in [0.2, 0.25) is 5.91 Å². The van der Waals surface area contributed by atoms with Crippen molar-refractivity contribution in [2.45, 2.75) is 25.3 Å². The smallest absolute Gasteiger partial charge is 0.224 e. The maximum absolute atomic E-state index is 13.1. The summed E-state index contributed by atoms with van der Waals surface area (Å²) < 4.78 is 13.1. The van der Waals surface area contributed by atoms with Gasteiger partial charge in [0.05, 0.1) is 12.1 Å². The number of rotatable bonds is 5. The maximum atomic E-state index is 13.1. The minimum atomic E-state index is -0.263. The van der Waals surface area contributed by atoms with E-state index in [4.69, 9.17) is 11.6 Å². The Kier molecular flexibility index (Phi) is 5.81. The Morgan fingerprint density at radius 3 is 2.86 bits per heavy atom. The molecule has 1 unspecified atom stereocenters. The van der Waals surface area contributed by atoms with Crippen molar-refractivity contribution in [1.29, 1.82) is 0 Å². The summed E-state index contributed by atoms with van der Waals surface area (Å²) in [4.78, 5) is 14.6. The van der Waals surface area contributed by atoms with Gasteiger partial charge in [0.1, 0.15) is 5.82 Å². The fraction of sp³-hybridized carbons (Fsp3) is 0.273. The van der Waals surface area contributed by atoms with Gasteiger partial charge in [-0.1, -0.05) is 23.7 Å². The Morgan fingerprint density at radius 2 is 2.07 bits per heavy atom. The minimum Gasteiger partial charge on any atom is -0.353 e. The highest BCUT2D eigenvalue weighted by Crippen LogP contribution is 2.24. The number of hydrogen-bond donors (Lipinski definition) is 2. The summed E-state index contributed by atoms with van der Waals surface area (Å²) in [5.41, 5.74) is 2.62. The van der Waals surface area contributed by atoms with Crippen LogP contribution in [0.5, 0.6) is 0 Å². The largest absolute Gasteiger partial charge is 0.353 e. The van der Waals surface area contributed by atoms with E-state index in [1.807, 2.05) is 24.3 Å². The number of aromatic amines is 1. The lowest BCUT2D eigenvalue weighted by molar-refractivity contribution is -0.121. The van der Waals surface area contributed by atoms with E-state index in [-0.39, 0.29) is 17.8 Å². The van der Waals surface area contributed by atoms with Gasteiger partial charge < -0.3 is 10.2 Å². The summed E-state index contributed by atoms with van der Waals surface area (Å²) in [7, 11) is 0. The van der Waals surface area contributed by atoms with Crippen LogP contribution in [0.3, 0.4) is 0 Å². The monoisotopic (exact) mass is 412 g/mol. The molecule has 2 aromatic carbocycles. The van der Waals surface area contributed by atoms with E-state index in [0.29, 0.717) is 18.0 Å². The van der Waals surface area contributed by atoms with E-state index in [9.17, 15) is 9.18 Å². The fourth-order valence-corrected chi connectivity index (χ4v) is 3.88. The van der Waals surface area contributed by atoms with Crippen LogP contribution in [0, 0.1) is 5.82 Å². The zero-order valence-electron chi connectivity index (χ0n) is 15.9. The molecule has 1 atom stereocenters. The van der Waals surface area contributed by atoms with Gasteiger partial charge >= 0.3 is 0 Å². The van der Waals surface area contributed by atoms with Crippen molar-refractivity contribution in [1.82, 2.24) is 15.5 Å². The van der Waals surface area contributed by atoms with Crippen molar-refractivity contribution in [2.24, 2.45) is 0 Å². The molecule has 0 aliphatic carbocycles. The SMILES string of the molecule is O=C(Cc1cccc(Cl)c1)NC1CCCN(c2cc(-c3ccc(F)cc3)[nH]n2)C1. The third-order valence-corrected chi connectivity index (χ3v) is 5.32. The zero-order valence-corrected chi connectivity index (χ0v) is 16.6. The summed E-state index contributed by atoms with van der Waals surface area (Å²) >= 11 is 5.99. The van der Waals surface area contributed by atoms with E-state index >= 15 is 0 Å². The highest BCUT2D eigenvalue weighted by molar-refractivity contribution is 6.30. The molecular formula is C22H22ClFN4O. The van der Waals surface area contributed by atoms with Gasteiger partial charge in [0.15, 0.2) is 5.82 Å². The van der Waals surface area contributed by atoms with Crippen LogP contribution in [0.25, 0.3) is 11.3 Å². The van der Waals surface area contributed by atoms with Crippen molar-refractivity contribution in [3.8, 4) is 11.3 Å². The number of piperidine rings is 1. The number of aromatic nitrogens is 2. The maximum Gasteiger partial charge on any atom is 0.224 e. The number of benzene rings is 2. The summed E-state index contributed by atoms with van der Waals surface area (Å²) in [6, 6.07) is 15.7. The molecule has 1 aliphatic rings. The van der Waals surface area contributed by atoms with Crippen LogP contribution < -0.4 is 10.2 Å². The van der Waals surface area contributed by atoms with E-state index < -0.39 is 0 Å².